The highest BCUT2D eigenvalue weighted by atomic mass is 19.4. The lowest BCUT2D eigenvalue weighted by atomic mass is 9.91. The second-order valence-electron chi connectivity index (χ2n) is 10.8. The van der Waals surface area contributed by atoms with Crippen molar-refractivity contribution >= 4 is 12.0 Å². The number of nitrogens with zero attached hydrogens (tertiary/aromatic N) is 4. The Morgan fingerprint density at radius 3 is 2.13 bits per heavy atom. The first-order valence-electron chi connectivity index (χ1n) is 13.3. The highest BCUT2D eigenvalue weighted by Crippen LogP contribution is 2.35. The van der Waals surface area contributed by atoms with E-state index in [-0.39, 0.29) is 17.9 Å². The van der Waals surface area contributed by atoms with Gasteiger partial charge in [-0.2, -0.15) is 18.4 Å². The van der Waals surface area contributed by atoms with Crippen molar-refractivity contribution < 1.29 is 27.5 Å². The molecule has 0 radical (unpaired) electrons. The zero-order valence-corrected chi connectivity index (χ0v) is 21.6. The zero-order chi connectivity index (χ0) is 27.6. The average Bonchev–Trinajstić information content (AvgIpc) is 3.24. The number of ether oxygens (including phenoxy) is 1. The molecule has 3 fully saturated rings. The van der Waals surface area contributed by atoms with Gasteiger partial charge in [0.2, 0.25) is 0 Å². The Morgan fingerprint density at radius 2 is 1.54 bits per heavy atom. The molecule has 0 atom stereocenters. The van der Waals surface area contributed by atoms with E-state index < -0.39 is 17.3 Å². The largest absolute Gasteiger partial charge is 0.441 e. The van der Waals surface area contributed by atoms with Gasteiger partial charge in [-0.3, -0.25) is 14.6 Å². The van der Waals surface area contributed by atoms with E-state index in [1.54, 1.807) is 21.9 Å². The summed E-state index contributed by atoms with van der Waals surface area (Å²) >= 11 is 0. The molecule has 3 aliphatic heterocycles. The van der Waals surface area contributed by atoms with Crippen LogP contribution in [0.4, 0.5) is 18.0 Å². The van der Waals surface area contributed by atoms with Crippen molar-refractivity contribution in [2.45, 2.75) is 50.6 Å². The Morgan fingerprint density at radius 1 is 0.949 bits per heavy atom. The average molecular weight is 541 g/mol. The molecule has 1 spiro atoms. The van der Waals surface area contributed by atoms with Gasteiger partial charge in [-0.15, -0.1) is 0 Å². The second-order valence-corrected chi connectivity index (χ2v) is 10.8. The molecule has 0 bridgehead atoms. The van der Waals surface area contributed by atoms with Crippen LogP contribution in [0, 0.1) is 17.2 Å². The summed E-state index contributed by atoms with van der Waals surface area (Å²) in [7, 11) is 0. The zero-order valence-electron chi connectivity index (χ0n) is 21.6. The molecule has 3 aliphatic rings. The van der Waals surface area contributed by atoms with Gasteiger partial charge in [0.15, 0.2) is 0 Å². The summed E-state index contributed by atoms with van der Waals surface area (Å²) in [5.41, 5.74) is 1.11. The lowest BCUT2D eigenvalue weighted by Crippen LogP contribution is -2.46. The summed E-state index contributed by atoms with van der Waals surface area (Å²) < 4.78 is 44.3. The summed E-state index contributed by atoms with van der Waals surface area (Å²) in [6, 6.07) is 14.8. The molecule has 0 N–H and O–H groups in total. The van der Waals surface area contributed by atoms with Crippen LogP contribution in [0.1, 0.15) is 52.7 Å². The van der Waals surface area contributed by atoms with E-state index in [2.05, 4.69) is 11.0 Å². The van der Waals surface area contributed by atoms with Gasteiger partial charge in [-0.25, -0.2) is 4.79 Å². The second kappa shape index (κ2) is 10.9. The van der Waals surface area contributed by atoms with Crippen molar-refractivity contribution in [2.75, 3.05) is 32.7 Å². The normalized spacial score (nSPS) is 20.2. The van der Waals surface area contributed by atoms with Crippen molar-refractivity contribution in [3.05, 3.63) is 70.8 Å². The quantitative estimate of drug-likeness (QED) is 0.530. The fourth-order valence-corrected chi connectivity index (χ4v) is 5.62. The Labute approximate surface area is 225 Å². The topological polar surface area (TPSA) is 76.9 Å². The van der Waals surface area contributed by atoms with E-state index in [4.69, 9.17) is 10.00 Å². The molecule has 3 saturated heterocycles. The number of nitriles is 1. The number of piperidine rings is 2. The maximum absolute atomic E-state index is 12.8. The minimum atomic E-state index is -4.34. The molecule has 5 rings (SSSR count). The number of carbonyl (C=O) groups is 2. The number of hydrogen-bond acceptors (Lipinski definition) is 5. The van der Waals surface area contributed by atoms with E-state index >= 15 is 0 Å². The predicted octanol–water partition coefficient (Wildman–Crippen LogP) is 5.07. The lowest BCUT2D eigenvalue weighted by Gasteiger charge is -2.37. The third-order valence-corrected chi connectivity index (χ3v) is 8.03. The fourth-order valence-electron chi connectivity index (χ4n) is 5.62. The summed E-state index contributed by atoms with van der Waals surface area (Å²) in [5.74, 6) is -0.0215. The van der Waals surface area contributed by atoms with Gasteiger partial charge in [0.1, 0.15) is 5.60 Å². The number of carbonyl (C=O) groups excluding carboxylic acids is 2. The number of likely N-dealkylation sites (tertiary alicyclic amines) is 2. The minimum absolute atomic E-state index is 0.0196. The summed E-state index contributed by atoms with van der Waals surface area (Å²) in [6.07, 6.45) is -1.98. The number of benzene rings is 2. The molecule has 0 saturated carbocycles. The van der Waals surface area contributed by atoms with Gasteiger partial charge in [0, 0.05) is 63.6 Å². The van der Waals surface area contributed by atoms with Crippen LogP contribution in [-0.2, 0) is 24.0 Å². The summed E-state index contributed by atoms with van der Waals surface area (Å²) in [5, 5.41) is 9.05. The van der Waals surface area contributed by atoms with Gasteiger partial charge >= 0.3 is 12.3 Å². The highest BCUT2D eigenvalue weighted by Gasteiger charge is 2.46. The summed E-state index contributed by atoms with van der Waals surface area (Å²) in [4.78, 5) is 31.1. The maximum atomic E-state index is 12.8. The van der Waals surface area contributed by atoms with Crippen molar-refractivity contribution in [1.29, 1.82) is 5.26 Å². The number of alkyl halides is 3. The first-order chi connectivity index (χ1) is 18.6. The maximum Gasteiger partial charge on any atom is 0.416 e. The molecule has 206 valence electrons. The Kier molecular flexibility index (Phi) is 7.54. The summed E-state index contributed by atoms with van der Waals surface area (Å²) in [6.45, 7) is 3.96. The van der Waals surface area contributed by atoms with Gasteiger partial charge in [-0.05, 0) is 48.2 Å². The molecule has 10 heteroatoms. The van der Waals surface area contributed by atoms with Gasteiger partial charge < -0.3 is 9.64 Å². The Balaban J connectivity index is 1.11. The van der Waals surface area contributed by atoms with Crippen molar-refractivity contribution in [3.63, 3.8) is 0 Å². The monoisotopic (exact) mass is 540 g/mol. The minimum Gasteiger partial charge on any atom is -0.441 e. The number of amides is 2. The highest BCUT2D eigenvalue weighted by molar-refractivity contribution is 5.94. The van der Waals surface area contributed by atoms with Crippen molar-refractivity contribution in [2.24, 2.45) is 5.92 Å². The van der Waals surface area contributed by atoms with E-state index in [1.807, 2.05) is 12.1 Å². The van der Waals surface area contributed by atoms with Gasteiger partial charge in [0.25, 0.3) is 5.91 Å². The molecule has 3 heterocycles. The standard InChI is InChI=1S/C29H31F3N4O3/c30-29(31,32)25-7-3-22(4-8-25)18-34-15-11-28(12-16-34)20-36(27(38)39-28)19-23-1-5-24(6-2-23)26(37)35-13-9-21(17-33)10-14-35/h1-8,21H,9-16,18-20H2. The Bertz CT molecular complexity index is 1220. The van der Waals surface area contributed by atoms with E-state index in [0.29, 0.717) is 77.1 Å². The molecule has 0 aliphatic carbocycles. The van der Waals surface area contributed by atoms with Crippen molar-refractivity contribution in [1.82, 2.24) is 14.7 Å². The van der Waals surface area contributed by atoms with E-state index in [9.17, 15) is 22.8 Å². The number of rotatable bonds is 5. The van der Waals surface area contributed by atoms with Crippen LogP contribution in [0.2, 0.25) is 0 Å². The van der Waals surface area contributed by atoms with Crippen LogP contribution in [0.3, 0.4) is 0 Å². The molecule has 2 amide bonds. The third-order valence-electron chi connectivity index (χ3n) is 8.03. The van der Waals surface area contributed by atoms with Crippen LogP contribution in [0.5, 0.6) is 0 Å². The van der Waals surface area contributed by atoms with Gasteiger partial charge in [-0.1, -0.05) is 24.3 Å². The van der Waals surface area contributed by atoms with E-state index in [0.717, 1.165) is 23.3 Å². The smallest absolute Gasteiger partial charge is 0.416 e. The van der Waals surface area contributed by atoms with Crippen LogP contribution >= 0.6 is 0 Å². The van der Waals surface area contributed by atoms with Crippen molar-refractivity contribution in [3.8, 4) is 6.07 Å². The SMILES string of the molecule is N#CC1CCN(C(=O)c2ccc(CN3CC4(CCN(Cc5ccc(C(F)(F)F)cc5)CC4)OC3=O)cc2)CC1. The molecular weight excluding hydrogens is 509 g/mol. The first-order valence-corrected chi connectivity index (χ1v) is 13.3. The fraction of sp³-hybridized carbons (Fsp3) is 0.483. The first kappa shape index (κ1) is 27.0. The molecule has 2 aromatic carbocycles. The molecule has 0 aromatic heterocycles. The predicted molar refractivity (Wildman–Crippen MR) is 136 cm³/mol. The lowest BCUT2D eigenvalue weighted by molar-refractivity contribution is -0.137. The third kappa shape index (κ3) is 6.19. The molecule has 39 heavy (non-hydrogen) atoms. The van der Waals surface area contributed by atoms with Crippen LogP contribution in [0.15, 0.2) is 48.5 Å². The molecule has 2 aromatic rings. The molecular formula is C29H31F3N4O3. The molecule has 7 nitrogen and oxygen atoms in total. The Hall–Kier alpha value is -3.58. The van der Waals surface area contributed by atoms with Crippen LogP contribution < -0.4 is 0 Å². The number of hydrogen-bond donors (Lipinski definition) is 0. The van der Waals surface area contributed by atoms with Crippen LogP contribution in [-0.4, -0.2) is 65.0 Å². The number of halogens is 3. The van der Waals surface area contributed by atoms with E-state index in [1.165, 1.54) is 12.1 Å². The molecule has 0 unspecified atom stereocenters. The van der Waals surface area contributed by atoms with Crippen LogP contribution in [0.25, 0.3) is 0 Å². The van der Waals surface area contributed by atoms with Gasteiger partial charge in [0.05, 0.1) is 18.2 Å².